The Hall–Kier alpha value is -3.56. The summed E-state index contributed by atoms with van der Waals surface area (Å²) >= 11 is 7.10. The normalized spacial score (nSPS) is 11.0. The molecule has 4 aromatic carbocycles. The maximum atomic E-state index is 12.1. The van der Waals surface area contributed by atoms with Gasteiger partial charge in [0.15, 0.2) is 0 Å². The van der Waals surface area contributed by atoms with Crippen molar-refractivity contribution in [3.05, 3.63) is 115 Å². The molecule has 0 aliphatic carbocycles. The van der Waals surface area contributed by atoms with Crippen LogP contribution in [0.3, 0.4) is 0 Å². The van der Waals surface area contributed by atoms with E-state index in [1.807, 2.05) is 36.4 Å². The first-order chi connectivity index (χ1) is 16.9. The number of nitro benzene ring substituents is 1. The molecule has 0 radical (unpaired) electrons. The van der Waals surface area contributed by atoms with Crippen molar-refractivity contribution in [2.24, 2.45) is 5.10 Å². The average molecular weight is 597 g/mol. The molecule has 0 unspecified atom stereocenters. The predicted molar refractivity (Wildman–Crippen MR) is 143 cm³/mol. The van der Waals surface area contributed by atoms with Crippen molar-refractivity contribution in [2.75, 3.05) is 0 Å². The molecular weight excluding hydrogens is 578 g/mol. The number of ether oxygens (including phenoxy) is 1. The number of nitro groups is 1. The van der Waals surface area contributed by atoms with Crippen LogP contribution in [0.1, 0.15) is 16.7 Å². The second kappa shape index (κ2) is 11.2. The van der Waals surface area contributed by atoms with Gasteiger partial charge in [0, 0.05) is 12.1 Å². The third-order valence-electron chi connectivity index (χ3n) is 5.19. The molecule has 0 spiro atoms. The number of rotatable bonds is 8. The molecule has 176 valence electrons. The second-order valence-electron chi connectivity index (χ2n) is 7.63. The van der Waals surface area contributed by atoms with Gasteiger partial charge in [-0.2, -0.15) is 5.10 Å². The lowest BCUT2D eigenvalue weighted by molar-refractivity contribution is -0.384. The summed E-state index contributed by atoms with van der Waals surface area (Å²) in [5.41, 5.74) is 4.94. The minimum Gasteiger partial charge on any atom is -0.487 e. The predicted octanol–water partition coefficient (Wildman–Crippen LogP) is 6.54. The lowest BCUT2D eigenvalue weighted by atomic mass is 10.1. The van der Waals surface area contributed by atoms with Crippen LogP contribution in [0.4, 0.5) is 5.69 Å². The Kier molecular flexibility index (Phi) is 7.89. The molecule has 0 saturated heterocycles. The smallest absolute Gasteiger partial charge is 0.269 e. The van der Waals surface area contributed by atoms with Gasteiger partial charge in [0.25, 0.3) is 5.69 Å². The van der Waals surface area contributed by atoms with Crippen LogP contribution in [0.5, 0.6) is 5.75 Å². The molecule has 1 amide bonds. The second-order valence-corrected chi connectivity index (χ2v) is 9.34. The van der Waals surface area contributed by atoms with Crippen molar-refractivity contribution in [2.45, 2.75) is 13.0 Å². The minimum atomic E-state index is -0.482. The highest BCUT2D eigenvalue weighted by Gasteiger charge is 2.11. The molecule has 0 heterocycles. The molecule has 0 saturated carbocycles. The SMILES string of the molecule is O=C(Cc1ccc([N+](=O)[O-])cc1)N/N=C\c1cc(Br)c(OCc2cccc3ccccc23)c(Br)c1. The van der Waals surface area contributed by atoms with E-state index < -0.39 is 4.92 Å². The lowest BCUT2D eigenvalue weighted by Gasteiger charge is -2.13. The molecule has 0 aliphatic rings. The van der Waals surface area contributed by atoms with Crippen LogP contribution >= 0.6 is 31.9 Å². The zero-order chi connectivity index (χ0) is 24.8. The van der Waals surface area contributed by atoms with E-state index in [0.29, 0.717) is 17.9 Å². The summed E-state index contributed by atoms with van der Waals surface area (Å²) in [5.74, 6) is 0.334. The van der Waals surface area contributed by atoms with Crippen LogP contribution in [0.25, 0.3) is 10.8 Å². The van der Waals surface area contributed by atoms with Crippen LogP contribution in [-0.2, 0) is 17.8 Å². The number of benzene rings is 4. The van der Waals surface area contributed by atoms with Crippen LogP contribution in [0.2, 0.25) is 0 Å². The van der Waals surface area contributed by atoms with Crippen molar-refractivity contribution in [1.29, 1.82) is 0 Å². The van der Waals surface area contributed by atoms with Crippen molar-refractivity contribution in [1.82, 2.24) is 5.43 Å². The summed E-state index contributed by atoms with van der Waals surface area (Å²) in [6, 6.07) is 23.8. The number of halogens is 2. The summed E-state index contributed by atoms with van der Waals surface area (Å²) in [6.45, 7) is 0.407. The zero-order valence-corrected chi connectivity index (χ0v) is 21.5. The van der Waals surface area contributed by atoms with Gasteiger partial charge in [-0.05, 0) is 71.5 Å². The molecule has 0 atom stereocenters. The Morgan fingerprint density at radius 1 is 1.00 bits per heavy atom. The number of fused-ring (bicyclic) bond motifs is 1. The van der Waals surface area contributed by atoms with Crippen molar-refractivity contribution in [3.8, 4) is 5.75 Å². The fraction of sp³-hybridized carbons (Fsp3) is 0.0769. The highest BCUT2D eigenvalue weighted by Crippen LogP contribution is 2.35. The Bertz CT molecular complexity index is 1390. The topological polar surface area (TPSA) is 93.8 Å². The number of carbonyl (C=O) groups excluding carboxylic acids is 1. The number of carbonyl (C=O) groups is 1. The van der Waals surface area contributed by atoms with Gasteiger partial charge in [-0.3, -0.25) is 14.9 Å². The molecule has 7 nitrogen and oxygen atoms in total. The molecule has 0 fully saturated rings. The van der Waals surface area contributed by atoms with E-state index in [0.717, 1.165) is 30.8 Å². The van der Waals surface area contributed by atoms with Gasteiger partial charge in [0.2, 0.25) is 5.91 Å². The molecule has 4 aromatic rings. The van der Waals surface area contributed by atoms with Gasteiger partial charge < -0.3 is 4.74 Å². The number of hydrogen-bond donors (Lipinski definition) is 1. The Morgan fingerprint density at radius 3 is 2.40 bits per heavy atom. The summed E-state index contributed by atoms with van der Waals surface area (Å²) in [5, 5.41) is 17.0. The number of amides is 1. The Labute approximate surface area is 218 Å². The van der Waals surface area contributed by atoms with E-state index >= 15 is 0 Å². The zero-order valence-electron chi connectivity index (χ0n) is 18.3. The standard InChI is InChI=1S/C26H19Br2N3O4/c27-23-12-18(15-29-30-25(32)14-17-8-10-21(11-9-17)31(33)34)13-24(28)26(23)35-16-20-6-3-5-19-4-1-2-7-22(19)20/h1-13,15H,14,16H2,(H,30,32)/b29-15-. The van der Waals surface area contributed by atoms with Crippen LogP contribution in [0.15, 0.2) is 92.9 Å². The largest absolute Gasteiger partial charge is 0.487 e. The van der Waals surface area contributed by atoms with Crippen molar-refractivity contribution < 1.29 is 14.5 Å². The van der Waals surface area contributed by atoms with E-state index in [1.54, 1.807) is 12.1 Å². The quantitative estimate of drug-likeness (QED) is 0.142. The summed E-state index contributed by atoms with van der Waals surface area (Å²) in [6.07, 6.45) is 1.58. The van der Waals surface area contributed by atoms with Crippen LogP contribution in [-0.4, -0.2) is 17.0 Å². The number of nitrogens with one attached hydrogen (secondary N) is 1. The first kappa shape index (κ1) is 24.6. The molecule has 35 heavy (non-hydrogen) atoms. The third-order valence-corrected chi connectivity index (χ3v) is 6.37. The Balaban J connectivity index is 1.37. The Morgan fingerprint density at radius 2 is 1.69 bits per heavy atom. The summed E-state index contributed by atoms with van der Waals surface area (Å²) < 4.78 is 7.58. The highest BCUT2D eigenvalue weighted by molar-refractivity contribution is 9.11. The van der Waals surface area contributed by atoms with Gasteiger partial charge in [-0.15, -0.1) is 0 Å². The number of hydrogen-bond acceptors (Lipinski definition) is 5. The number of non-ortho nitro benzene ring substituents is 1. The third kappa shape index (κ3) is 6.32. The van der Waals surface area contributed by atoms with Gasteiger partial charge in [-0.25, -0.2) is 5.43 Å². The highest BCUT2D eigenvalue weighted by atomic mass is 79.9. The van der Waals surface area contributed by atoms with E-state index in [9.17, 15) is 14.9 Å². The maximum Gasteiger partial charge on any atom is 0.269 e. The van der Waals surface area contributed by atoms with Crippen LogP contribution in [0, 0.1) is 10.1 Å². The fourth-order valence-corrected chi connectivity index (χ4v) is 4.95. The summed E-state index contributed by atoms with van der Waals surface area (Å²) in [7, 11) is 0. The van der Waals surface area contributed by atoms with Crippen LogP contribution < -0.4 is 10.2 Å². The van der Waals surface area contributed by atoms with Crippen molar-refractivity contribution in [3.63, 3.8) is 0 Å². The monoisotopic (exact) mass is 595 g/mol. The molecule has 0 bridgehead atoms. The minimum absolute atomic E-state index is 0.0205. The summed E-state index contributed by atoms with van der Waals surface area (Å²) in [4.78, 5) is 22.4. The molecule has 0 aromatic heterocycles. The molecule has 1 N–H and O–H groups in total. The molecular formula is C26H19Br2N3O4. The first-order valence-corrected chi connectivity index (χ1v) is 12.1. The molecule has 4 rings (SSSR count). The van der Waals surface area contributed by atoms with E-state index in [1.165, 1.54) is 18.3 Å². The number of hydrazone groups is 1. The van der Waals surface area contributed by atoms with Gasteiger partial charge >= 0.3 is 0 Å². The number of nitrogens with zero attached hydrogens (tertiary/aromatic N) is 2. The van der Waals surface area contributed by atoms with E-state index in [-0.39, 0.29) is 18.0 Å². The maximum absolute atomic E-state index is 12.1. The van der Waals surface area contributed by atoms with Gasteiger partial charge in [0.1, 0.15) is 12.4 Å². The van der Waals surface area contributed by atoms with Crippen molar-refractivity contribution >= 4 is 60.4 Å². The van der Waals surface area contributed by atoms with E-state index in [4.69, 9.17) is 4.74 Å². The van der Waals surface area contributed by atoms with Gasteiger partial charge in [0.05, 0.1) is 26.5 Å². The lowest BCUT2D eigenvalue weighted by Crippen LogP contribution is -2.19. The molecule has 0 aliphatic heterocycles. The first-order valence-electron chi connectivity index (χ1n) is 10.5. The van der Waals surface area contributed by atoms with E-state index in [2.05, 4.69) is 60.6 Å². The molecule has 9 heteroatoms. The van der Waals surface area contributed by atoms with Gasteiger partial charge in [-0.1, -0.05) is 54.6 Å². The average Bonchev–Trinajstić information content (AvgIpc) is 2.84. The fourth-order valence-electron chi connectivity index (χ4n) is 3.50.